The predicted octanol–water partition coefficient (Wildman–Crippen LogP) is 4.12. The molecule has 1 saturated heterocycles. The lowest BCUT2D eigenvalue weighted by Crippen LogP contribution is -2.46. The van der Waals surface area contributed by atoms with Crippen molar-refractivity contribution in [3.05, 3.63) is 59.1 Å². The maximum atomic E-state index is 5.39. The molecule has 0 aliphatic carbocycles. The van der Waals surface area contributed by atoms with Crippen molar-refractivity contribution < 1.29 is 9.26 Å². The van der Waals surface area contributed by atoms with E-state index in [0.717, 1.165) is 66.0 Å². The van der Waals surface area contributed by atoms with Gasteiger partial charge in [0.1, 0.15) is 17.3 Å². The van der Waals surface area contributed by atoms with Crippen LogP contribution in [-0.2, 0) is 17.9 Å². The van der Waals surface area contributed by atoms with E-state index < -0.39 is 0 Å². The van der Waals surface area contributed by atoms with Crippen LogP contribution in [0.15, 0.2) is 46.3 Å². The van der Waals surface area contributed by atoms with Crippen LogP contribution < -0.4 is 4.90 Å². The Morgan fingerprint density at radius 2 is 1.90 bits per heavy atom. The largest absolute Gasteiger partial charge is 0.377 e. The average Bonchev–Trinajstić information content (AvgIpc) is 3.40. The fourth-order valence-corrected chi connectivity index (χ4v) is 5.01. The number of thiophene rings is 1. The van der Waals surface area contributed by atoms with Gasteiger partial charge in [-0.25, -0.2) is 9.97 Å². The Hall–Kier alpha value is -2.81. The van der Waals surface area contributed by atoms with Crippen molar-refractivity contribution in [2.75, 3.05) is 38.2 Å². The number of methoxy groups -OCH3 is 1. The molecule has 7 nitrogen and oxygen atoms in total. The molecule has 0 amide bonds. The molecule has 1 aromatic carbocycles. The molecule has 0 unspecified atom stereocenters. The van der Waals surface area contributed by atoms with Crippen molar-refractivity contribution in [2.45, 2.75) is 20.1 Å². The minimum absolute atomic E-state index is 0.409. The van der Waals surface area contributed by atoms with Gasteiger partial charge in [-0.1, -0.05) is 35.5 Å². The smallest absolute Gasteiger partial charge is 0.158 e. The van der Waals surface area contributed by atoms with Crippen LogP contribution in [0.1, 0.15) is 17.3 Å². The van der Waals surface area contributed by atoms with E-state index in [2.05, 4.69) is 44.6 Å². The van der Waals surface area contributed by atoms with Gasteiger partial charge in [0.25, 0.3) is 0 Å². The third kappa shape index (κ3) is 4.19. The molecule has 160 valence electrons. The first-order valence-electron chi connectivity index (χ1n) is 10.4. The van der Waals surface area contributed by atoms with Gasteiger partial charge in [-0.05, 0) is 12.5 Å². The fraction of sp³-hybridized carbons (Fsp3) is 0.348. The Kier molecular flexibility index (Phi) is 5.67. The lowest BCUT2D eigenvalue weighted by molar-refractivity contribution is 0.178. The van der Waals surface area contributed by atoms with Crippen molar-refractivity contribution in [1.29, 1.82) is 0 Å². The van der Waals surface area contributed by atoms with E-state index >= 15 is 0 Å². The van der Waals surface area contributed by atoms with Crippen LogP contribution in [-0.4, -0.2) is 53.3 Å². The molecule has 4 aromatic rings. The van der Waals surface area contributed by atoms with Gasteiger partial charge < -0.3 is 14.2 Å². The van der Waals surface area contributed by atoms with Crippen LogP contribution in [0.4, 0.5) is 5.82 Å². The first-order valence-corrected chi connectivity index (χ1v) is 11.3. The third-order valence-corrected chi connectivity index (χ3v) is 6.42. The molecule has 8 heteroatoms. The zero-order chi connectivity index (χ0) is 21.2. The lowest BCUT2D eigenvalue weighted by atomic mass is 10.1. The van der Waals surface area contributed by atoms with E-state index in [-0.39, 0.29) is 0 Å². The Morgan fingerprint density at radius 1 is 1.10 bits per heavy atom. The Morgan fingerprint density at radius 3 is 2.61 bits per heavy atom. The predicted molar refractivity (Wildman–Crippen MR) is 122 cm³/mol. The quantitative estimate of drug-likeness (QED) is 0.451. The van der Waals surface area contributed by atoms with Crippen LogP contribution >= 0.6 is 11.3 Å². The maximum absolute atomic E-state index is 5.39. The molecule has 1 fully saturated rings. The molecular formula is C23H25N5O2S. The van der Waals surface area contributed by atoms with E-state index in [1.807, 2.05) is 19.1 Å². The van der Waals surface area contributed by atoms with Crippen molar-refractivity contribution in [2.24, 2.45) is 0 Å². The Labute approximate surface area is 185 Å². The highest BCUT2D eigenvalue weighted by atomic mass is 32.1. The van der Waals surface area contributed by atoms with Crippen molar-refractivity contribution in [1.82, 2.24) is 20.0 Å². The van der Waals surface area contributed by atoms with Gasteiger partial charge >= 0.3 is 0 Å². The molecule has 0 radical (unpaired) electrons. The van der Waals surface area contributed by atoms with Gasteiger partial charge in [0, 0.05) is 50.3 Å². The second-order valence-corrected chi connectivity index (χ2v) is 8.65. The monoisotopic (exact) mass is 435 g/mol. The number of hydrogen-bond acceptors (Lipinski definition) is 8. The number of benzene rings is 1. The van der Waals surface area contributed by atoms with Gasteiger partial charge in [0.15, 0.2) is 11.6 Å². The van der Waals surface area contributed by atoms with Crippen LogP contribution in [0.25, 0.3) is 21.3 Å². The number of anilines is 1. The molecule has 4 heterocycles. The molecule has 0 bridgehead atoms. The van der Waals surface area contributed by atoms with Gasteiger partial charge in [-0.3, -0.25) is 4.90 Å². The number of fused-ring (bicyclic) bond motifs is 1. The van der Waals surface area contributed by atoms with Crippen LogP contribution in [0, 0.1) is 6.92 Å². The highest BCUT2D eigenvalue weighted by Gasteiger charge is 2.24. The van der Waals surface area contributed by atoms with Gasteiger partial charge in [-0.15, -0.1) is 11.3 Å². The summed E-state index contributed by atoms with van der Waals surface area (Å²) in [5.41, 5.74) is 3.31. The summed E-state index contributed by atoms with van der Waals surface area (Å²) >= 11 is 1.67. The number of piperazine rings is 1. The van der Waals surface area contributed by atoms with Crippen LogP contribution in [0.5, 0.6) is 0 Å². The van der Waals surface area contributed by atoms with Crippen molar-refractivity contribution >= 4 is 27.4 Å². The summed E-state index contributed by atoms with van der Waals surface area (Å²) < 4.78 is 10.7. The number of nitrogens with zero attached hydrogens (tertiary/aromatic N) is 5. The summed E-state index contributed by atoms with van der Waals surface area (Å²) in [4.78, 5) is 15.5. The summed E-state index contributed by atoms with van der Waals surface area (Å²) in [5.74, 6) is 2.65. The molecule has 0 saturated carbocycles. The highest BCUT2D eigenvalue weighted by Crippen LogP contribution is 2.38. The number of aromatic nitrogens is 3. The number of aryl methyl sites for hydroxylation is 1. The zero-order valence-corrected chi connectivity index (χ0v) is 18.6. The molecule has 3 aromatic heterocycles. The summed E-state index contributed by atoms with van der Waals surface area (Å²) in [6.07, 6.45) is 0. The number of hydrogen-bond donors (Lipinski definition) is 0. The summed E-state index contributed by atoms with van der Waals surface area (Å²) in [6.45, 7) is 6.83. The fourth-order valence-electron chi connectivity index (χ4n) is 4.05. The minimum atomic E-state index is 0.409. The Bertz CT molecular complexity index is 1170. The molecular weight excluding hydrogens is 410 g/mol. The normalized spacial score (nSPS) is 15.1. The van der Waals surface area contributed by atoms with Gasteiger partial charge in [0.2, 0.25) is 0 Å². The van der Waals surface area contributed by atoms with Crippen LogP contribution in [0.2, 0.25) is 0 Å². The first-order chi connectivity index (χ1) is 15.2. The average molecular weight is 436 g/mol. The Balaban J connectivity index is 1.44. The molecule has 0 N–H and O–H groups in total. The van der Waals surface area contributed by atoms with Crippen molar-refractivity contribution in [3.63, 3.8) is 0 Å². The number of rotatable bonds is 6. The zero-order valence-electron chi connectivity index (χ0n) is 17.7. The van der Waals surface area contributed by atoms with Gasteiger partial charge in [-0.2, -0.15) is 0 Å². The SMILES string of the molecule is COCc1nc(N2CCN(Cc3cc(C)no3)CC2)c2c(-c3ccccc3)csc2n1. The van der Waals surface area contributed by atoms with E-state index in [4.69, 9.17) is 19.2 Å². The van der Waals surface area contributed by atoms with Crippen molar-refractivity contribution in [3.8, 4) is 11.1 Å². The van der Waals surface area contributed by atoms with Gasteiger partial charge in [0.05, 0.1) is 17.6 Å². The molecule has 0 spiro atoms. The third-order valence-electron chi connectivity index (χ3n) is 5.55. The summed E-state index contributed by atoms with van der Waals surface area (Å²) in [6, 6.07) is 12.5. The second-order valence-electron chi connectivity index (χ2n) is 7.79. The highest BCUT2D eigenvalue weighted by molar-refractivity contribution is 7.17. The summed E-state index contributed by atoms with van der Waals surface area (Å²) in [5, 5.41) is 7.33. The topological polar surface area (TPSA) is 67.5 Å². The molecule has 0 atom stereocenters. The number of ether oxygens (including phenoxy) is 1. The van der Waals surface area contributed by atoms with E-state index in [1.54, 1.807) is 18.4 Å². The summed E-state index contributed by atoms with van der Waals surface area (Å²) in [7, 11) is 1.68. The molecule has 1 aliphatic heterocycles. The van der Waals surface area contributed by atoms with E-state index in [0.29, 0.717) is 6.61 Å². The molecule has 31 heavy (non-hydrogen) atoms. The lowest BCUT2D eigenvalue weighted by Gasteiger charge is -2.35. The second kappa shape index (κ2) is 8.74. The standard InChI is InChI=1S/C23H25N5O2S/c1-16-12-18(30-26-16)13-27-8-10-28(11-9-27)22-21-19(17-6-4-3-5-7-17)15-31-23(21)25-20(24-22)14-29-2/h3-7,12,15H,8-11,13-14H2,1-2H3. The maximum Gasteiger partial charge on any atom is 0.158 e. The first kappa shape index (κ1) is 20.1. The molecule has 5 rings (SSSR count). The van der Waals surface area contributed by atoms with E-state index in [9.17, 15) is 0 Å². The van der Waals surface area contributed by atoms with E-state index in [1.165, 1.54) is 11.1 Å². The minimum Gasteiger partial charge on any atom is -0.377 e. The van der Waals surface area contributed by atoms with Crippen LogP contribution in [0.3, 0.4) is 0 Å². The molecule has 1 aliphatic rings.